The Bertz CT molecular complexity index is 459. The van der Waals surface area contributed by atoms with Crippen molar-refractivity contribution < 1.29 is 23.0 Å². The molecule has 0 aromatic heterocycles. The molecule has 0 fully saturated rings. The summed E-state index contributed by atoms with van der Waals surface area (Å²) in [7, 11) is 1.33. The Kier molecular flexibility index (Phi) is 4.66. The fraction of sp³-hybridized carbons (Fsp3) is 0.417. The van der Waals surface area contributed by atoms with Crippen LogP contribution in [-0.4, -0.2) is 25.2 Å². The number of carbonyl (C=O) groups excluding carboxylic acids is 1. The van der Waals surface area contributed by atoms with Crippen molar-refractivity contribution >= 4 is 11.6 Å². The van der Waals surface area contributed by atoms with Gasteiger partial charge in [0.2, 0.25) is 5.91 Å². The van der Waals surface area contributed by atoms with Gasteiger partial charge in [-0.2, -0.15) is 8.78 Å². The number of rotatable bonds is 5. The molecular formula is C12H16F2N2O3. The normalized spacial score (nSPS) is 11.3. The van der Waals surface area contributed by atoms with E-state index in [1.807, 2.05) is 0 Å². The third kappa shape index (κ3) is 4.36. The molecule has 1 amide bonds. The first-order valence-electron chi connectivity index (χ1n) is 5.47. The molecule has 0 heterocycles. The van der Waals surface area contributed by atoms with E-state index in [1.165, 1.54) is 39.2 Å². The molecule has 0 aliphatic rings. The van der Waals surface area contributed by atoms with Crippen molar-refractivity contribution in [3.05, 3.63) is 18.2 Å². The van der Waals surface area contributed by atoms with Crippen LogP contribution in [0.25, 0.3) is 0 Å². The summed E-state index contributed by atoms with van der Waals surface area (Å²) in [5.41, 5.74) is 4.83. The number of hydrogen-bond donors (Lipinski definition) is 2. The van der Waals surface area contributed by atoms with Crippen LogP contribution >= 0.6 is 0 Å². The van der Waals surface area contributed by atoms with E-state index < -0.39 is 18.1 Å². The number of amides is 1. The lowest BCUT2D eigenvalue weighted by molar-refractivity contribution is -0.120. The number of ether oxygens (including phenoxy) is 2. The lowest BCUT2D eigenvalue weighted by Crippen LogP contribution is -2.45. The van der Waals surface area contributed by atoms with E-state index in [1.54, 1.807) is 0 Å². The van der Waals surface area contributed by atoms with Crippen LogP contribution in [0.3, 0.4) is 0 Å². The monoisotopic (exact) mass is 274 g/mol. The highest BCUT2D eigenvalue weighted by Crippen LogP contribution is 2.31. The minimum Gasteiger partial charge on any atom is -0.493 e. The van der Waals surface area contributed by atoms with Crippen molar-refractivity contribution in [1.29, 1.82) is 0 Å². The van der Waals surface area contributed by atoms with Crippen molar-refractivity contribution in [3.8, 4) is 11.5 Å². The summed E-state index contributed by atoms with van der Waals surface area (Å²) < 4.78 is 33.7. The molecule has 1 rings (SSSR count). The molecule has 0 saturated heterocycles. The Morgan fingerprint density at radius 2 is 2.00 bits per heavy atom. The van der Waals surface area contributed by atoms with Gasteiger partial charge in [0.05, 0.1) is 12.6 Å². The zero-order valence-corrected chi connectivity index (χ0v) is 10.9. The topological polar surface area (TPSA) is 73.6 Å². The predicted octanol–water partition coefficient (Wildman–Crippen LogP) is 1.97. The first-order chi connectivity index (χ1) is 8.74. The largest absolute Gasteiger partial charge is 0.493 e. The lowest BCUT2D eigenvalue weighted by atomic mass is 10.1. The fourth-order valence-corrected chi connectivity index (χ4v) is 1.23. The quantitative estimate of drug-likeness (QED) is 0.861. The standard InChI is InChI=1S/C12H16F2N2O3/c1-12(2,15)10(17)16-7-4-5-8(18-3)9(6-7)19-11(13)14/h4-6,11H,15H2,1-3H3,(H,16,17). The molecule has 1 aromatic carbocycles. The molecule has 0 saturated carbocycles. The van der Waals surface area contributed by atoms with E-state index in [9.17, 15) is 13.6 Å². The van der Waals surface area contributed by atoms with Crippen LogP contribution in [0, 0.1) is 0 Å². The molecule has 0 radical (unpaired) electrons. The van der Waals surface area contributed by atoms with Gasteiger partial charge in [-0.25, -0.2) is 0 Å². The summed E-state index contributed by atoms with van der Waals surface area (Å²) in [5, 5.41) is 2.50. The maximum absolute atomic E-state index is 12.2. The van der Waals surface area contributed by atoms with E-state index in [0.29, 0.717) is 5.69 Å². The molecule has 7 heteroatoms. The average Bonchev–Trinajstić information content (AvgIpc) is 2.27. The summed E-state index contributed by atoms with van der Waals surface area (Å²) >= 11 is 0. The van der Waals surface area contributed by atoms with Crippen molar-refractivity contribution in [3.63, 3.8) is 0 Å². The highest BCUT2D eigenvalue weighted by Gasteiger charge is 2.22. The van der Waals surface area contributed by atoms with Gasteiger partial charge >= 0.3 is 6.61 Å². The molecule has 0 unspecified atom stereocenters. The summed E-state index contributed by atoms with van der Waals surface area (Å²) in [6.07, 6.45) is 0. The van der Waals surface area contributed by atoms with Gasteiger partial charge in [-0.05, 0) is 26.0 Å². The minimum atomic E-state index is -2.98. The molecule has 0 bridgehead atoms. The van der Waals surface area contributed by atoms with Crippen LogP contribution in [0.2, 0.25) is 0 Å². The molecular weight excluding hydrogens is 258 g/mol. The Balaban J connectivity index is 2.95. The maximum Gasteiger partial charge on any atom is 0.387 e. The first kappa shape index (κ1) is 15.2. The summed E-state index contributed by atoms with van der Waals surface area (Å²) in [6, 6.07) is 4.16. The van der Waals surface area contributed by atoms with E-state index in [4.69, 9.17) is 10.5 Å². The van der Waals surface area contributed by atoms with Gasteiger partial charge in [0.1, 0.15) is 0 Å². The van der Waals surface area contributed by atoms with E-state index in [-0.39, 0.29) is 11.5 Å². The molecule has 5 nitrogen and oxygen atoms in total. The zero-order chi connectivity index (χ0) is 14.6. The minimum absolute atomic E-state index is 0.144. The second-order valence-corrected chi connectivity index (χ2v) is 4.42. The van der Waals surface area contributed by atoms with Crippen LogP contribution in [0.4, 0.5) is 14.5 Å². The van der Waals surface area contributed by atoms with Gasteiger partial charge < -0.3 is 20.5 Å². The van der Waals surface area contributed by atoms with Gasteiger partial charge in [0, 0.05) is 11.8 Å². The second-order valence-electron chi connectivity index (χ2n) is 4.42. The number of alkyl halides is 2. The van der Waals surface area contributed by atoms with Crippen LogP contribution in [0.15, 0.2) is 18.2 Å². The number of benzene rings is 1. The third-order valence-electron chi connectivity index (χ3n) is 2.22. The van der Waals surface area contributed by atoms with Crippen LogP contribution in [0.5, 0.6) is 11.5 Å². The van der Waals surface area contributed by atoms with Crippen molar-refractivity contribution in [2.45, 2.75) is 26.0 Å². The van der Waals surface area contributed by atoms with Crippen LogP contribution < -0.4 is 20.5 Å². The lowest BCUT2D eigenvalue weighted by Gasteiger charge is -2.18. The van der Waals surface area contributed by atoms with Gasteiger partial charge in [-0.3, -0.25) is 4.79 Å². The Hall–Kier alpha value is -1.89. The summed E-state index contributed by atoms with van der Waals surface area (Å²) in [4.78, 5) is 11.7. The van der Waals surface area contributed by atoms with Gasteiger partial charge in [-0.15, -0.1) is 0 Å². The van der Waals surface area contributed by atoms with Crippen molar-refractivity contribution in [2.75, 3.05) is 12.4 Å². The number of methoxy groups -OCH3 is 1. The molecule has 106 valence electrons. The molecule has 0 atom stereocenters. The second kappa shape index (κ2) is 5.83. The molecule has 0 aliphatic heterocycles. The van der Waals surface area contributed by atoms with E-state index in [2.05, 4.69) is 10.1 Å². The number of nitrogens with one attached hydrogen (secondary N) is 1. The maximum atomic E-state index is 12.2. The highest BCUT2D eigenvalue weighted by atomic mass is 19.3. The zero-order valence-electron chi connectivity index (χ0n) is 10.9. The van der Waals surface area contributed by atoms with Crippen LogP contribution in [-0.2, 0) is 4.79 Å². The molecule has 0 aliphatic carbocycles. The van der Waals surface area contributed by atoms with Crippen LogP contribution in [0.1, 0.15) is 13.8 Å². The molecule has 0 spiro atoms. The molecule has 19 heavy (non-hydrogen) atoms. The third-order valence-corrected chi connectivity index (χ3v) is 2.22. The van der Waals surface area contributed by atoms with Crippen molar-refractivity contribution in [2.24, 2.45) is 5.73 Å². The number of nitrogens with two attached hydrogens (primary N) is 1. The SMILES string of the molecule is COc1ccc(NC(=O)C(C)(C)N)cc1OC(F)F. The number of hydrogen-bond acceptors (Lipinski definition) is 4. The Labute approximate surface area is 109 Å². The van der Waals surface area contributed by atoms with Crippen molar-refractivity contribution in [1.82, 2.24) is 0 Å². The summed E-state index contributed by atoms with van der Waals surface area (Å²) in [6.45, 7) is 0.0796. The Morgan fingerprint density at radius 3 is 2.47 bits per heavy atom. The van der Waals surface area contributed by atoms with Gasteiger partial charge in [-0.1, -0.05) is 0 Å². The van der Waals surface area contributed by atoms with E-state index in [0.717, 1.165) is 0 Å². The number of halogens is 2. The fourth-order valence-electron chi connectivity index (χ4n) is 1.23. The average molecular weight is 274 g/mol. The van der Waals surface area contributed by atoms with Gasteiger partial charge in [0.25, 0.3) is 0 Å². The number of anilines is 1. The molecule has 1 aromatic rings. The summed E-state index contributed by atoms with van der Waals surface area (Å²) in [5.74, 6) is -0.462. The number of carbonyl (C=O) groups is 1. The van der Waals surface area contributed by atoms with Gasteiger partial charge in [0.15, 0.2) is 11.5 Å². The predicted molar refractivity (Wildman–Crippen MR) is 66.5 cm³/mol. The smallest absolute Gasteiger partial charge is 0.387 e. The Morgan fingerprint density at radius 1 is 1.37 bits per heavy atom. The van der Waals surface area contributed by atoms with E-state index >= 15 is 0 Å². The molecule has 3 N–H and O–H groups in total. The first-order valence-corrected chi connectivity index (χ1v) is 5.47. The highest BCUT2D eigenvalue weighted by molar-refractivity contribution is 5.97.